The van der Waals surface area contributed by atoms with Crippen LogP contribution in [0.25, 0.3) is 0 Å². The summed E-state index contributed by atoms with van der Waals surface area (Å²) in [4.78, 5) is 28.1. The molecule has 0 aromatic heterocycles. The number of amides is 1. The summed E-state index contributed by atoms with van der Waals surface area (Å²) in [6, 6.07) is 24.2. The van der Waals surface area contributed by atoms with Gasteiger partial charge in [0.25, 0.3) is 0 Å². The Morgan fingerprint density at radius 1 is 0.826 bits per heavy atom. The van der Waals surface area contributed by atoms with E-state index in [-0.39, 0.29) is 6.54 Å². The van der Waals surface area contributed by atoms with E-state index < -0.39 is 63.6 Å². The minimum absolute atomic E-state index is 0.352. The van der Waals surface area contributed by atoms with E-state index in [1.165, 1.54) is 12.1 Å². The maximum absolute atomic E-state index is 14.7. The van der Waals surface area contributed by atoms with Crippen LogP contribution in [-0.4, -0.2) is 73.9 Å². The molecule has 0 aliphatic heterocycles. The number of hydrogen-bond donors (Lipinski definition) is 2. The summed E-state index contributed by atoms with van der Waals surface area (Å²) in [7, 11) is -3.53. The van der Waals surface area contributed by atoms with E-state index in [0.717, 1.165) is 34.4 Å². The van der Waals surface area contributed by atoms with Crippen molar-refractivity contribution in [1.29, 1.82) is 0 Å². The van der Waals surface area contributed by atoms with Gasteiger partial charge in [0.1, 0.15) is 15.4 Å². The van der Waals surface area contributed by atoms with Gasteiger partial charge in [-0.1, -0.05) is 72.8 Å². The molecule has 0 saturated carbocycles. The van der Waals surface area contributed by atoms with Crippen molar-refractivity contribution in [3.8, 4) is 0 Å². The molecule has 0 heterocycles. The molecule has 3 rings (SSSR count). The zero-order valence-corrected chi connectivity index (χ0v) is 27.1. The van der Waals surface area contributed by atoms with Crippen molar-refractivity contribution < 1.29 is 41.0 Å². The van der Waals surface area contributed by atoms with Gasteiger partial charge in [-0.2, -0.15) is 13.2 Å². The van der Waals surface area contributed by atoms with E-state index in [4.69, 9.17) is 4.74 Å². The van der Waals surface area contributed by atoms with E-state index in [0.29, 0.717) is 18.8 Å². The van der Waals surface area contributed by atoms with Crippen molar-refractivity contribution in [3.63, 3.8) is 0 Å². The Balaban J connectivity index is 1.92. The van der Waals surface area contributed by atoms with Crippen LogP contribution < -0.4 is 10.2 Å². The average Bonchev–Trinajstić information content (AvgIpc) is 2.95. The van der Waals surface area contributed by atoms with Gasteiger partial charge in [-0.3, -0.25) is 5.32 Å². The van der Waals surface area contributed by atoms with Crippen LogP contribution in [0, 0.1) is 0 Å². The van der Waals surface area contributed by atoms with Crippen LogP contribution in [0.3, 0.4) is 0 Å². The second-order valence-corrected chi connectivity index (χ2v) is 14.2. The Hall–Kier alpha value is -4.10. The Kier molecular flexibility index (Phi) is 11.9. The number of sulfone groups is 1. The topological polar surface area (TPSA) is 116 Å². The summed E-state index contributed by atoms with van der Waals surface area (Å²) in [6.07, 6.45) is -5.27. The van der Waals surface area contributed by atoms with Gasteiger partial charge in [-0.15, -0.1) is 0 Å². The first-order chi connectivity index (χ1) is 21.4. The van der Waals surface area contributed by atoms with Crippen molar-refractivity contribution in [2.24, 2.45) is 0 Å². The molecule has 2 N–H and O–H groups in total. The lowest BCUT2D eigenvalue weighted by atomic mass is 9.88. The predicted molar refractivity (Wildman–Crippen MR) is 170 cm³/mol. The smallest absolute Gasteiger partial charge is 0.421 e. The second-order valence-electron chi connectivity index (χ2n) is 12.0. The fraction of sp³-hybridized carbons (Fsp3) is 0.394. The number of nitrogens with one attached hydrogen (secondary N) is 1. The normalized spacial score (nSPS) is 13.5. The lowest BCUT2D eigenvalue weighted by Gasteiger charge is -2.35. The van der Waals surface area contributed by atoms with Crippen molar-refractivity contribution in [3.05, 3.63) is 102 Å². The van der Waals surface area contributed by atoms with Gasteiger partial charge in [-0.25, -0.2) is 18.0 Å². The highest BCUT2D eigenvalue weighted by molar-refractivity contribution is 7.90. The zero-order valence-electron chi connectivity index (χ0n) is 26.3. The summed E-state index contributed by atoms with van der Waals surface area (Å²) in [5.74, 6) is -2.64. The van der Waals surface area contributed by atoms with Crippen LogP contribution >= 0.6 is 0 Å². The molecule has 3 aromatic carbocycles. The molecule has 1 amide bonds. The number of anilines is 1. The fourth-order valence-electron chi connectivity index (χ4n) is 4.73. The van der Waals surface area contributed by atoms with Crippen molar-refractivity contribution >= 4 is 27.6 Å². The summed E-state index contributed by atoms with van der Waals surface area (Å²) < 4.78 is 72.9. The second kappa shape index (κ2) is 15.0. The van der Waals surface area contributed by atoms with E-state index in [1.807, 2.05) is 65.6 Å². The number of hydrogen-bond acceptors (Lipinski definition) is 7. The molecule has 13 heteroatoms. The molecule has 0 aliphatic carbocycles. The standard InChI is InChI=1S/C33H40F3N3O6S/c1-31(2,3)45-30(42)38(21-22-46(4,43)44)20-19-37-32(29(40)41,33(34,35)36)27-15-17-28(18-16-27)39(23-25-11-7-5-8-12-25)24-26-13-9-6-10-14-26/h5-18,37H,19-24H2,1-4H3,(H,40,41). The Morgan fingerprint density at radius 3 is 1.74 bits per heavy atom. The van der Waals surface area contributed by atoms with E-state index in [1.54, 1.807) is 20.8 Å². The molecule has 1 atom stereocenters. The molecule has 3 aromatic rings. The van der Waals surface area contributed by atoms with Gasteiger partial charge < -0.3 is 19.6 Å². The zero-order chi connectivity index (χ0) is 34.2. The van der Waals surface area contributed by atoms with Gasteiger partial charge in [0.2, 0.25) is 5.54 Å². The minimum Gasteiger partial charge on any atom is -0.479 e. The van der Waals surface area contributed by atoms with Crippen LogP contribution in [0.4, 0.5) is 23.7 Å². The van der Waals surface area contributed by atoms with Crippen LogP contribution in [0.1, 0.15) is 37.5 Å². The van der Waals surface area contributed by atoms with Crippen LogP contribution in [-0.2, 0) is 38.0 Å². The molecule has 250 valence electrons. The fourth-order valence-corrected chi connectivity index (χ4v) is 5.28. The molecule has 0 aliphatic rings. The van der Waals surface area contributed by atoms with Crippen LogP contribution in [0.15, 0.2) is 84.9 Å². The number of benzene rings is 3. The lowest BCUT2D eigenvalue weighted by molar-refractivity contribution is -0.213. The SMILES string of the molecule is CC(C)(C)OC(=O)N(CCNC(C(=O)O)(c1ccc(N(Cc2ccccc2)Cc2ccccc2)cc1)C(F)(F)F)CCS(C)(=O)=O. The number of carboxylic acid groups (broad SMARTS) is 1. The third kappa shape index (κ3) is 10.2. The lowest BCUT2D eigenvalue weighted by Crippen LogP contribution is -2.61. The van der Waals surface area contributed by atoms with Crippen molar-refractivity contribution in [2.45, 2.75) is 51.2 Å². The van der Waals surface area contributed by atoms with Crippen LogP contribution in [0.2, 0.25) is 0 Å². The molecular weight excluding hydrogens is 623 g/mol. The number of carbonyl (C=O) groups is 2. The molecule has 9 nitrogen and oxygen atoms in total. The largest absolute Gasteiger partial charge is 0.479 e. The highest BCUT2D eigenvalue weighted by Gasteiger charge is 2.62. The molecule has 1 unspecified atom stereocenters. The Bertz CT molecular complexity index is 1510. The molecule has 0 bridgehead atoms. The number of aliphatic carboxylic acids is 1. The minimum atomic E-state index is -5.29. The van der Waals surface area contributed by atoms with Gasteiger partial charge in [0.05, 0.1) is 5.75 Å². The first kappa shape index (κ1) is 36.4. The van der Waals surface area contributed by atoms with Crippen LogP contribution in [0.5, 0.6) is 0 Å². The molecule has 46 heavy (non-hydrogen) atoms. The van der Waals surface area contributed by atoms with Gasteiger partial charge in [0, 0.05) is 44.7 Å². The molecule has 0 fully saturated rings. The number of ether oxygens (including phenoxy) is 1. The number of carbonyl (C=O) groups excluding carboxylic acids is 1. The summed E-state index contributed by atoms with van der Waals surface area (Å²) in [5.41, 5.74) is -2.51. The predicted octanol–water partition coefficient (Wildman–Crippen LogP) is 5.61. The number of carboxylic acids is 1. The average molecular weight is 664 g/mol. The monoisotopic (exact) mass is 663 g/mol. The Morgan fingerprint density at radius 2 is 1.33 bits per heavy atom. The van der Waals surface area contributed by atoms with E-state index in [2.05, 4.69) is 5.32 Å². The first-order valence-corrected chi connectivity index (χ1v) is 16.6. The molecular formula is C33H40F3N3O6S. The molecule has 0 spiro atoms. The quantitative estimate of drug-likeness (QED) is 0.229. The summed E-state index contributed by atoms with van der Waals surface area (Å²) >= 11 is 0. The first-order valence-electron chi connectivity index (χ1n) is 14.6. The maximum Gasteiger partial charge on any atom is 0.421 e. The third-order valence-electron chi connectivity index (χ3n) is 7.00. The number of alkyl halides is 3. The number of nitrogens with zero attached hydrogens (tertiary/aromatic N) is 2. The highest BCUT2D eigenvalue weighted by Crippen LogP contribution is 2.40. The summed E-state index contributed by atoms with van der Waals surface area (Å²) in [6.45, 7) is 4.22. The van der Waals surface area contributed by atoms with Gasteiger partial charge >= 0.3 is 18.2 Å². The van der Waals surface area contributed by atoms with Gasteiger partial charge in [-0.05, 0) is 49.6 Å². The summed E-state index contributed by atoms with van der Waals surface area (Å²) in [5, 5.41) is 12.2. The molecule has 0 radical (unpaired) electrons. The molecule has 0 saturated heterocycles. The number of rotatable bonds is 14. The van der Waals surface area contributed by atoms with E-state index in [9.17, 15) is 36.3 Å². The van der Waals surface area contributed by atoms with Crippen molar-refractivity contribution in [1.82, 2.24) is 10.2 Å². The Labute approximate surface area is 267 Å². The van der Waals surface area contributed by atoms with E-state index >= 15 is 0 Å². The maximum atomic E-state index is 14.7. The van der Waals surface area contributed by atoms with Gasteiger partial charge in [0.15, 0.2) is 0 Å². The number of halogens is 3. The van der Waals surface area contributed by atoms with Crippen molar-refractivity contribution in [2.75, 3.05) is 36.5 Å². The third-order valence-corrected chi connectivity index (χ3v) is 7.92. The highest BCUT2D eigenvalue weighted by atomic mass is 32.2.